The Morgan fingerprint density at radius 1 is 1.16 bits per heavy atom. The normalized spacial score (nSPS) is 15.1. The number of hydrogen-bond donors (Lipinski definition) is 1. The van der Waals surface area contributed by atoms with Crippen LogP contribution in [0.3, 0.4) is 0 Å². The van der Waals surface area contributed by atoms with Gasteiger partial charge in [-0.15, -0.1) is 0 Å². The summed E-state index contributed by atoms with van der Waals surface area (Å²) in [6, 6.07) is 6.00. The van der Waals surface area contributed by atoms with Crippen molar-refractivity contribution in [1.29, 1.82) is 0 Å². The number of aliphatic hydroxyl groups excluding tert-OH is 1. The summed E-state index contributed by atoms with van der Waals surface area (Å²) in [5, 5.41) is 13.3. The Bertz CT molecular complexity index is 717. The minimum atomic E-state index is 0.109. The van der Waals surface area contributed by atoms with E-state index in [0.717, 1.165) is 43.1 Å². The smallest absolute Gasteiger partial charge is 0.122 e. The van der Waals surface area contributed by atoms with Gasteiger partial charge in [-0.2, -0.15) is 5.10 Å². The van der Waals surface area contributed by atoms with Crippen LogP contribution < -0.4 is 9.47 Å². The molecule has 0 aliphatic carbocycles. The van der Waals surface area contributed by atoms with Gasteiger partial charge in [-0.05, 0) is 29.7 Å². The van der Waals surface area contributed by atoms with Crippen molar-refractivity contribution >= 4 is 5.57 Å². The summed E-state index contributed by atoms with van der Waals surface area (Å²) < 4.78 is 12.5. The van der Waals surface area contributed by atoms with Gasteiger partial charge >= 0.3 is 0 Å². The fraction of sp³-hybridized carbons (Fsp3) is 0.421. The van der Waals surface area contributed by atoms with Crippen LogP contribution in [0.2, 0.25) is 0 Å². The summed E-state index contributed by atoms with van der Waals surface area (Å²) in [7, 11) is 3.34. The number of rotatable bonds is 7. The number of nitrogens with zero attached hydrogens (tertiary/aromatic N) is 3. The molecule has 25 heavy (non-hydrogen) atoms. The highest BCUT2D eigenvalue weighted by molar-refractivity contribution is 5.65. The minimum Gasteiger partial charge on any atom is -0.497 e. The molecule has 3 rings (SSSR count). The third-order valence-electron chi connectivity index (χ3n) is 4.44. The van der Waals surface area contributed by atoms with Gasteiger partial charge in [-0.25, -0.2) is 0 Å². The summed E-state index contributed by atoms with van der Waals surface area (Å²) >= 11 is 0. The average Bonchev–Trinajstić information content (AvgIpc) is 3.11. The molecule has 1 aliphatic rings. The Labute approximate surface area is 148 Å². The van der Waals surface area contributed by atoms with E-state index in [-0.39, 0.29) is 6.61 Å². The van der Waals surface area contributed by atoms with Gasteiger partial charge in [0.25, 0.3) is 0 Å². The second kappa shape index (κ2) is 8.18. The number of aromatic nitrogens is 2. The Morgan fingerprint density at radius 2 is 1.92 bits per heavy atom. The highest BCUT2D eigenvalue weighted by atomic mass is 16.5. The van der Waals surface area contributed by atoms with Gasteiger partial charge in [0.2, 0.25) is 0 Å². The first-order valence-corrected chi connectivity index (χ1v) is 8.49. The fourth-order valence-corrected chi connectivity index (χ4v) is 3.09. The number of benzene rings is 1. The lowest BCUT2D eigenvalue weighted by Crippen LogP contribution is -2.28. The van der Waals surface area contributed by atoms with Crippen LogP contribution in [0.5, 0.6) is 11.5 Å². The van der Waals surface area contributed by atoms with Crippen LogP contribution in [0.25, 0.3) is 5.57 Å². The number of methoxy groups -OCH3 is 2. The molecule has 2 aromatic rings. The van der Waals surface area contributed by atoms with E-state index in [4.69, 9.17) is 14.6 Å². The lowest BCUT2D eigenvalue weighted by molar-refractivity contribution is 0.269. The first kappa shape index (κ1) is 17.5. The zero-order chi connectivity index (χ0) is 17.6. The predicted octanol–water partition coefficient (Wildman–Crippen LogP) is 2.18. The van der Waals surface area contributed by atoms with Crippen LogP contribution in [-0.4, -0.2) is 53.7 Å². The molecule has 134 valence electrons. The summed E-state index contributed by atoms with van der Waals surface area (Å²) in [5.74, 6) is 1.64. The molecule has 0 radical (unpaired) electrons. The summed E-state index contributed by atoms with van der Waals surface area (Å²) in [6.45, 7) is 3.41. The van der Waals surface area contributed by atoms with Crippen molar-refractivity contribution in [1.82, 2.24) is 14.7 Å². The molecular weight excluding hydrogens is 318 g/mol. The first-order valence-electron chi connectivity index (χ1n) is 8.49. The largest absolute Gasteiger partial charge is 0.497 e. The maximum absolute atomic E-state index is 8.99. The Morgan fingerprint density at radius 3 is 2.52 bits per heavy atom. The second-order valence-corrected chi connectivity index (χ2v) is 6.15. The quantitative estimate of drug-likeness (QED) is 0.835. The van der Waals surface area contributed by atoms with Gasteiger partial charge in [0, 0.05) is 37.5 Å². The maximum Gasteiger partial charge on any atom is 0.122 e. The van der Waals surface area contributed by atoms with Crippen LogP contribution in [0.15, 0.2) is 36.7 Å². The molecule has 0 saturated heterocycles. The third kappa shape index (κ3) is 4.41. The SMILES string of the molecule is COc1cc(CN2CC=C(c3cnn(CCO)c3)CC2)cc(OC)c1. The molecule has 6 nitrogen and oxygen atoms in total. The summed E-state index contributed by atoms with van der Waals surface area (Å²) in [5.41, 5.74) is 3.66. The Hall–Kier alpha value is -2.31. The zero-order valence-corrected chi connectivity index (χ0v) is 14.8. The number of hydrogen-bond acceptors (Lipinski definition) is 5. The van der Waals surface area contributed by atoms with Gasteiger partial charge in [-0.1, -0.05) is 6.08 Å². The summed E-state index contributed by atoms with van der Waals surface area (Å²) in [4.78, 5) is 2.40. The van der Waals surface area contributed by atoms with Gasteiger partial charge < -0.3 is 14.6 Å². The van der Waals surface area contributed by atoms with Crippen LogP contribution in [-0.2, 0) is 13.1 Å². The molecule has 0 fully saturated rings. The van der Waals surface area contributed by atoms with E-state index in [0.29, 0.717) is 6.54 Å². The van der Waals surface area contributed by atoms with E-state index in [1.54, 1.807) is 18.9 Å². The lowest BCUT2D eigenvalue weighted by atomic mass is 10.0. The average molecular weight is 343 g/mol. The van der Waals surface area contributed by atoms with Gasteiger partial charge in [-0.3, -0.25) is 9.58 Å². The molecule has 0 unspecified atom stereocenters. The van der Waals surface area contributed by atoms with Crippen molar-refractivity contribution in [2.45, 2.75) is 19.5 Å². The van der Waals surface area contributed by atoms with Crippen LogP contribution >= 0.6 is 0 Å². The van der Waals surface area contributed by atoms with E-state index in [2.05, 4.69) is 28.2 Å². The Kier molecular flexibility index (Phi) is 5.73. The molecule has 0 spiro atoms. The maximum atomic E-state index is 8.99. The first-order chi connectivity index (χ1) is 12.2. The number of aliphatic hydroxyl groups is 1. The van der Waals surface area contributed by atoms with Gasteiger partial charge in [0.15, 0.2) is 0 Å². The standard InChI is InChI=1S/C19H25N3O3/c1-24-18-9-15(10-19(11-18)25-2)13-21-5-3-16(4-6-21)17-12-20-22(14-17)7-8-23/h3,9-12,14,23H,4-8,13H2,1-2H3. The molecule has 1 aromatic heterocycles. The molecule has 0 atom stereocenters. The van der Waals surface area contributed by atoms with Gasteiger partial charge in [0.1, 0.15) is 11.5 Å². The fourth-order valence-electron chi connectivity index (χ4n) is 3.09. The van der Waals surface area contributed by atoms with Crippen molar-refractivity contribution in [3.05, 3.63) is 47.8 Å². The van der Waals surface area contributed by atoms with Gasteiger partial charge in [0.05, 0.1) is 33.6 Å². The minimum absolute atomic E-state index is 0.109. The third-order valence-corrected chi connectivity index (χ3v) is 4.44. The monoisotopic (exact) mass is 343 g/mol. The van der Waals surface area contributed by atoms with Crippen LogP contribution in [0.1, 0.15) is 17.5 Å². The van der Waals surface area contributed by atoms with E-state index < -0.39 is 0 Å². The van der Waals surface area contributed by atoms with Crippen LogP contribution in [0, 0.1) is 0 Å². The Balaban J connectivity index is 1.64. The molecule has 2 heterocycles. The van der Waals surface area contributed by atoms with Crippen molar-refractivity contribution in [2.24, 2.45) is 0 Å². The van der Waals surface area contributed by atoms with Crippen molar-refractivity contribution in [3.8, 4) is 11.5 Å². The predicted molar refractivity (Wildman–Crippen MR) is 96.7 cm³/mol. The molecule has 6 heteroatoms. The molecule has 1 N–H and O–H groups in total. The van der Waals surface area contributed by atoms with Crippen molar-refractivity contribution in [2.75, 3.05) is 33.9 Å². The number of ether oxygens (including phenoxy) is 2. The molecular formula is C19H25N3O3. The highest BCUT2D eigenvalue weighted by Crippen LogP contribution is 2.26. The second-order valence-electron chi connectivity index (χ2n) is 6.15. The molecule has 0 bridgehead atoms. The molecule has 1 aliphatic heterocycles. The van der Waals surface area contributed by atoms with E-state index in [1.807, 2.05) is 18.5 Å². The van der Waals surface area contributed by atoms with E-state index in [9.17, 15) is 0 Å². The zero-order valence-electron chi connectivity index (χ0n) is 14.8. The topological polar surface area (TPSA) is 59.8 Å². The van der Waals surface area contributed by atoms with Crippen molar-refractivity contribution in [3.63, 3.8) is 0 Å². The van der Waals surface area contributed by atoms with E-state index >= 15 is 0 Å². The van der Waals surface area contributed by atoms with E-state index in [1.165, 1.54) is 11.1 Å². The molecule has 0 saturated carbocycles. The highest BCUT2D eigenvalue weighted by Gasteiger charge is 2.15. The summed E-state index contributed by atoms with van der Waals surface area (Å²) in [6.07, 6.45) is 7.14. The molecule has 0 amide bonds. The van der Waals surface area contributed by atoms with Crippen molar-refractivity contribution < 1.29 is 14.6 Å². The van der Waals surface area contributed by atoms with Crippen LogP contribution in [0.4, 0.5) is 0 Å². The molecule has 1 aromatic carbocycles. The lowest BCUT2D eigenvalue weighted by Gasteiger charge is -2.26.